The number of aryl methyl sites for hydroxylation is 1. The fraction of sp³-hybridized carbons (Fsp3) is 0.267. The maximum absolute atomic E-state index is 12.9. The van der Waals surface area contributed by atoms with Crippen LogP contribution in [0.25, 0.3) is 0 Å². The minimum absolute atomic E-state index is 0.178. The summed E-state index contributed by atoms with van der Waals surface area (Å²) < 4.78 is 0. The number of carbonyl (C=O) groups is 3. The first-order valence-corrected chi connectivity index (χ1v) is 8.19. The Morgan fingerprint density at radius 1 is 1.33 bits per heavy atom. The van der Waals surface area contributed by atoms with Crippen LogP contribution in [0.4, 0.5) is 10.8 Å². The van der Waals surface area contributed by atoms with E-state index in [1.54, 1.807) is 31.2 Å². The van der Waals surface area contributed by atoms with Crippen LogP contribution >= 0.6 is 11.3 Å². The average molecular weight is 343 g/mol. The standard InChI is InChI=1S/C15H13N5O3S/c1-8-18-19-14(24-8)16-13(23)15-7-6-11(21)20(15)10-5-3-2-4-9(10)12(22)17-15/h2-5H,6-7H2,1H3,(H,17,22)(H,16,19,23)/t15-/m1/s1. The van der Waals surface area contributed by atoms with E-state index in [1.165, 1.54) is 16.2 Å². The number of aromatic nitrogens is 2. The first-order chi connectivity index (χ1) is 11.5. The molecule has 0 aliphatic carbocycles. The smallest absolute Gasteiger partial charge is 0.273 e. The van der Waals surface area contributed by atoms with Gasteiger partial charge < -0.3 is 5.32 Å². The second kappa shape index (κ2) is 5.10. The summed E-state index contributed by atoms with van der Waals surface area (Å²) in [6.07, 6.45) is 0.382. The number of rotatable bonds is 2. The van der Waals surface area contributed by atoms with Crippen molar-refractivity contribution < 1.29 is 14.4 Å². The highest BCUT2D eigenvalue weighted by Crippen LogP contribution is 2.39. The molecule has 8 nitrogen and oxygen atoms in total. The molecule has 2 aliphatic rings. The van der Waals surface area contributed by atoms with Crippen LogP contribution in [0.5, 0.6) is 0 Å². The molecule has 24 heavy (non-hydrogen) atoms. The second-order valence-corrected chi connectivity index (χ2v) is 6.82. The van der Waals surface area contributed by atoms with Crippen molar-refractivity contribution >= 4 is 39.9 Å². The SMILES string of the molecule is Cc1nnc(NC(=O)[C@@]23CCC(=O)N2c2ccccc2C(=O)N3)s1. The van der Waals surface area contributed by atoms with Gasteiger partial charge in [-0.1, -0.05) is 23.5 Å². The summed E-state index contributed by atoms with van der Waals surface area (Å²) in [5.41, 5.74) is -0.600. The molecular weight excluding hydrogens is 330 g/mol. The normalized spacial score (nSPS) is 22.0. The molecule has 4 rings (SSSR count). The molecule has 1 fully saturated rings. The summed E-state index contributed by atoms with van der Waals surface area (Å²) >= 11 is 1.23. The van der Waals surface area contributed by atoms with Crippen molar-refractivity contribution in [2.45, 2.75) is 25.4 Å². The van der Waals surface area contributed by atoms with Gasteiger partial charge in [0.25, 0.3) is 11.8 Å². The molecular formula is C15H13N5O3S. The van der Waals surface area contributed by atoms with Crippen LogP contribution in [0.15, 0.2) is 24.3 Å². The van der Waals surface area contributed by atoms with Gasteiger partial charge in [-0.05, 0) is 19.1 Å². The summed E-state index contributed by atoms with van der Waals surface area (Å²) in [5, 5.41) is 14.1. The summed E-state index contributed by atoms with van der Waals surface area (Å²) in [6, 6.07) is 6.76. The average Bonchev–Trinajstić information content (AvgIpc) is 3.12. The lowest BCUT2D eigenvalue weighted by atomic mass is 9.99. The Kier molecular flexibility index (Phi) is 3.14. The van der Waals surface area contributed by atoms with Crippen LogP contribution in [0.3, 0.4) is 0 Å². The Balaban J connectivity index is 1.77. The third-order valence-electron chi connectivity index (χ3n) is 4.16. The van der Waals surface area contributed by atoms with E-state index < -0.39 is 11.6 Å². The first kappa shape index (κ1) is 14.8. The van der Waals surface area contributed by atoms with Gasteiger partial charge in [0.2, 0.25) is 16.7 Å². The maximum Gasteiger partial charge on any atom is 0.273 e. The fourth-order valence-corrected chi connectivity index (χ4v) is 3.70. The van der Waals surface area contributed by atoms with Crippen molar-refractivity contribution in [2.75, 3.05) is 10.2 Å². The van der Waals surface area contributed by atoms with E-state index >= 15 is 0 Å². The van der Waals surface area contributed by atoms with Gasteiger partial charge >= 0.3 is 0 Å². The molecule has 3 heterocycles. The van der Waals surface area contributed by atoms with Crippen molar-refractivity contribution in [2.24, 2.45) is 0 Å². The van der Waals surface area contributed by atoms with E-state index in [2.05, 4.69) is 20.8 Å². The molecule has 1 atom stereocenters. The Morgan fingerprint density at radius 3 is 2.88 bits per heavy atom. The number of hydrogen-bond acceptors (Lipinski definition) is 6. The van der Waals surface area contributed by atoms with Crippen LogP contribution in [0.1, 0.15) is 28.2 Å². The van der Waals surface area contributed by atoms with Crippen LogP contribution in [-0.2, 0) is 9.59 Å². The third kappa shape index (κ3) is 2.01. The van der Waals surface area contributed by atoms with E-state index in [0.717, 1.165) is 0 Å². The quantitative estimate of drug-likeness (QED) is 0.848. The largest absolute Gasteiger partial charge is 0.321 e. The van der Waals surface area contributed by atoms with Gasteiger partial charge in [-0.15, -0.1) is 10.2 Å². The van der Waals surface area contributed by atoms with E-state index in [-0.39, 0.29) is 24.7 Å². The number of nitrogens with zero attached hydrogens (tertiary/aromatic N) is 3. The Labute approximate surface area is 140 Å². The number of para-hydroxylation sites is 1. The minimum Gasteiger partial charge on any atom is -0.321 e. The van der Waals surface area contributed by atoms with Gasteiger partial charge in [-0.3, -0.25) is 24.6 Å². The lowest BCUT2D eigenvalue weighted by Crippen LogP contribution is -2.68. The Hall–Kier alpha value is -2.81. The number of anilines is 2. The summed E-state index contributed by atoms with van der Waals surface area (Å²) in [4.78, 5) is 39.1. The summed E-state index contributed by atoms with van der Waals surface area (Å²) in [5.74, 6) is -1.07. The molecule has 0 saturated carbocycles. The van der Waals surface area contributed by atoms with Crippen molar-refractivity contribution in [3.63, 3.8) is 0 Å². The van der Waals surface area contributed by atoms with E-state index in [9.17, 15) is 14.4 Å². The zero-order valence-electron chi connectivity index (χ0n) is 12.7. The highest BCUT2D eigenvalue weighted by atomic mass is 32.1. The monoisotopic (exact) mass is 343 g/mol. The second-order valence-electron chi connectivity index (χ2n) is 5.64. The number of hydrogen-bond donors (Lipinski definition) is 2. The molecule has 1 saturated heterocycles. The highest BCUT2D eigenvalue weighted by molar-refractivity contribution is 7.15. The fourth-order valence-electron chi connectivity index (χ4n) is 3.12. The molecule has 122 valence electrons. The van der Waals surface area contributed by atoms with Crippen molar-refractivity contribution in [1.29, 1.82) is 0 Å². The van der Waals surface area contributed by atoms with Gasteiger partial charge in [-0.25, -0.2) is 0 Å². The van der Waals surface area contributed by atoms with Crippen molar-refractivity contribution in [3.8, 4) is 0 Å². The molecule has 9 heteroatoms. The lowest BCUT2D eigenvalue weighted by Gasteiger charge is -2.41. The van der Waals surface area contributed by atoms with Gasteiger partial charge in [-0.2, -0.15) is 0 Å². The predicted octanol–water partition coefficient (Wildman–Crippen LogP) is 1.05. The predicted molar refractivity (Wildman–Crippen MR) is 86.6 cm³/mol. The molecule has 1 aromatic heterocycles. The van der Waals surface area contributed by atoms with Crippen molar-refractivity contribution in [3.05, 3.63) is 34.8 Å². The van der Waals surface area contributed by atoms with Crippen LogP contribution in [0.2, 0.25) is 0 Å². The van der Waals surface area contributed by atoms with Gasteiger partial charge in [0.05, 0.1) is 11.3 Å². The topological polar surface area (TPSA) is 104 Å². The Bertz CT molecular complexity index is 879. The Morgan fingerprint density at radius 2 is 2.12 bits per heavy atom. The number of benzene rings is 1. The number of amides is 3. The van der Waals surface area contributed by atoms with Gasteiger partial charge in [0, 0.05) is 12.8 Å². The molecule has 0 radical (unpaired) electrons. The zero-order chi connectivity index (χ0) is 16.9. The van der Waals surface area contributed by atoms with E-state index in [0.29, 0.717) is 21.4 Å². The number of fused-ring (bicyclic) bond motifs is 3. The molecule has 2 aromatic rings. The van der Waals surface area contributed by atoms with Crippen LogP contribution < -0.4 is 15.5 Å². The van der Waals surface area contributed by atoms with Crippen LogP contribution in [0, 0.1) is 6.92 Å². The molecule has 0 unspecified atom stereocenters. The van der Waals surface area contributed by atoms with E-state index in [4.69, 9.17) is 0 Å². The molecule has 0 bridgehead atoms. The maximum atomic E-state index is 12.9. The summed E-state index contributed by atoms with van der Waals surface area (Å²) in [7, 11) is 0. The van der Waals surface area contributed by atoms with Gasteiger partial charge in [0.1, 0.15) is 5.01 Å². The van der Waals surface area contributed by atoms with Crippen LogP contribution in [-0.4, -0.2) is 33.6 Å². The molecule has 2 aliphatic heterocycles. The number of carbonyl (C=O) groups excluding carboxylic acids is 3. The molecule has 0 spiro atoms. The van der Waals surface area contributed by atoms with Crippen molar-refractivity contribution in [1.82, 2.24) is 15.5 Å². The van der Waals surface area contributed by atoms with E-state index in [1.807, 2.05) is 0 Å². The first-order valence-electron chi connectivity index (χ1n) is 7.37. The molecule has 3 amide bonds. The number of nitrogens with one attached hydrogen (secondary N) is 2. The summed E-state index contributed by atoms with van der Waals surface area (Å²) in [6.45, 7) is 1.77. The zero-order valence-corrected chi connectivity index (χ0v) is 13.5. The van der Waals surface area contributed by atoms with Gasteiger partial charge in [0.15, 0.2) is 0 Å². The lowest BCUT2D eigenvalue weighted by molar-refractivity contribution is -0.124. The third-order valence-corrected chi connectivity index (χ3v) is 4.92. The highest BCUT2D eigenvalue weighted by Gasteiger charge is 2.56. The minimum atomic E-state index is -1.43. The molecule has 1 aromatic carbocycles. The molecule has 2 N–H and O–H groups in total.